The summed E-state index contributed by atoms with van der Waals surface area (Å²) in [4.78, 5) is 15.1. The van der Waals surface area contributed by atoms with Gasteiger partial charge >= 0.3 is 6.09 Å². The Morgan fingerprint density at radius 1 is 1.14 bits per heavy atom. The molecule has 0 aliphatic carbocycles. The molecule has 0 unspecified atom stereocenters. The summed E-state index contributed by atoms with van der Waals surface area (Å²) >= 11 is 0. The number of carbonyl (C=O) groups is 1. The quantitative estimate of drug-likeness (QED) is 0.694. The van der Waals surface area contributed by atoms with Crippen LogP contribution in [-0.4, -0.2) is 55.7 Å². The predicted molar refractivity (Wildman–Crippen MR) is 57.4 cm³/mol. The SMILES string of the molecule is CN(C)CCN(C)C(=O)OC(C)(C)C. The second-order valence-corrected chi connectivity index (χ2v) is 4.71. The standard InChI is InChI=1S/C10H22N2O2/c1-10(2,3)14-9(13)12(6)8-7-11(4)5/h7-8H2,1-6H3. The summed E-state index contributed by atoms with van der Waals surface area (Å²) < 4.78 is 5.20. The lowest BCUT2D eigenvalue weighted by Crippen LogP contribution is -2.37. The van der Waals surface area contributed by atoms with Crippen molar-refractivity contribution in [2.24, 2.45) is 0 Å². The molecule has 0 saturated heterocycles. The van der Waals surface area contributed by atoms with Gasteiger partial charge in [-0.25, -0.2) is 4.79 Å². The average Bonchev–Trinajstić information content (AvgIpc) is 1.96. The van der Waals surface area contributed by atoms with Crippen LogP contribution in [0.3, 0.4) is 0 Å². The molecule has 4 heteroatoms. The third kappa shape index (κ3) is 6.71. The van der Waals surface area contributed by atoms with Gasteiger partial charge in [0.15, 0.2) is 0 Å². The Labute approximate surface area is 86.8 Å². The molecule has 84 valence electrons. The van der Waals surface area contributed by atoms with Crippen LogP contribution >= 0.6 is 0 Å². The van der Waals surface area contributed by atoms with Gasteiger partial charge in [-0.15, -0.1) is 0 Å². The molecule has 0 heterocycles. The number of likely N-dealkylation sites (N-methyl/N-ethyl adjacent to an activating group) is 2. The Kier molecular flexibility index (Phi) is 4.91. The van der Waals surface area contributed by atoms with Crippen molar-refractivity contribution < 1.29 is 9.53 Å². The first-order valence-corrected chi connectivity index (χ1v) is 4.81. The molecule has 0 radical (unpaired) electrons. The molecule has 0 aromatic heterocycles. The van der Waals surface area contributed by atoms with Crippen LogP contribution in [-0.2, 0) is 4.74 Å². The second-order valence-electron chi connectivity index (χ2n) is 4.71. The first-order chi connectivity index (χ1) is 6.22. The first kappa shape index (κ1) is 13.2. The monoisotopic (exact) mass is 202 g/mol. The molecule has 4 nitrogen and oxygen atoms in total. The van der Waals surface area contributed by atoms with Crippen LogP contribution in [0.4, 0.5) is 4.79 Å². The number of amides is 1. The summed E-state index contributed by atoms with van der Waals surface area (Å²) in [5.41, 5.74) is -0.413. The topological polar surface area (TPSA) is 32.8 Å². The minimum Gasteiger partial charge on any atom is -0.444 e. The molecule has 0 saturated carbocycles. The van der Waals surface area contributed by atoms with Crippen LogP contribution in [0, 0.1) is 0 Å². The van der Waals surface area contributed by atoms with Crippen molar-refractivity contribution in [1.29, 1.82) is 0 Å². The smallest absolute Gasteiger partial charge is 0.410 e. The van der Waals surface area contributed by atoms with Gasteiger partial charge in [0, 0.05) is 20.1 Å². The molecule has 0 N–H and O–H groups in total. The Bertz CT molecular complexity index is 185. The highest BCUT2D eigenvalue weighted by Crippen LogP contribution is 2.08. The maximum atomic E-state index is 11.5. The lowest BCUT2D eigenvalue weighted by molar-refractivity contribution is 0.0290. The number of hydrogen-bond donors (Lipinski definition) is 0. The number of nitrogens with zero attached hydrogens (tertiary/aromatic N) is 2. The lowest BCUT2D eigenvalue weighted by atomic mass is 10.2. The van der Waals surface area contributed by atoms with Gasteiger partial charge in [0.1, 0.15) is 5.60 Å². The van der Waals surface area contributed by atoms with Crippen LogP contribution < -0.4 is 0 Å². The zero-order valence-corrected chi connectivity index (χ0v) is 10.1. The van der Waals surface area contributed by atoms with Crippen molar-refractivity contribution in [3.05, 3.63) is 0 Å². The van der Waals surface area contributed by atoms with Crippen molar-refractivity contribution in [2.75, 3.05) is 34.2 Å². The predicted octanol–water partition coefficient (Wildman–Crippen LogP) is 1.41. The van der Waals surface area contributed by atoms with E-state index in [9.17, 15) is 4.79 Å². The van der Waals surface area contributed by atoms with Crippen molar-refractivity contribution >= 4 is 6.09 Å². The summed E-state index contributed by atoms with van der Waals surface area (Å²) in [6.07, 6.45) is -0.264. The molecule has 1 amide bonds. The van der Waals surface area contributed by atoms with Crippen molar-refractivity contribution in [2.45, 2.75) is 26.4 Å². The first-order valence-electron chi connectivity index (χ1n) is 4.81. The van der Waals surface area contributed by atoms with Gasteiger partial charge in [0.2, 0.25) is 0 Å². The number of ether oxygens (including phenoxy) is 1. The van der Waals surface area contributed by atoms with Crippen LogP contribution in [0.25, 0.3) is 0 Å². The van der Waals surface area contributed by atoms with E-state index in [-0.39, 0.29) is 6.09 Å². The van der Waals surface area contributed by atoms with Crippen LogP contribution in [0.5, 0.6) is 0 Å². The highest BCUT2D eigenvalue weighted by Gasteiger charge is 2.19. The van der Waals surface area contributed by atoms with Gasteiger partial charge in [0.05, 0.1) is 0 Å². The van der Waals surface area contributed by atoms with Gasteiger partial charge in [-0.1, -0.05) is 0 Å². The Morgan fingerprint density at radius 3 is 2.00 bits per heavy atom. The van der Waals surface area contributed by atoms with E-state index in [0.29, 0.717) is 6.54 Å². The van der Waals surface area contributed by atoms with E-state index in [1.54, 1.807) is 11.9 Å². The number of carbonyl (C=O) groups excluding carboxylic acids is 1. The second kappa shape index (κ2) is 5.20. The van der Waals surface area contributed by atoms with Gasteiger partial charge in [-0.3, -0.25) is 0 Å². The third-order valence-electron chi connectivity index (χ3n) is 1.59. The van der Waals surface area contributed by atoms with Crippen molar-refractivity contribution in [3.8, 4) is 0 Å². The van der Waals surface area contributed by atoms with Crippen LogP contribution in [0.1, 0.15) is 20.8 Å². The van der Waals surface area contributed by atoms with Crippen molar-refractivity contribution in [3.63, 3.8) is 0 Å². The molecule has 0 rings (SSSR count). The van der Waals surface area contributed by atoms with E-state index < -0.39 is 5.60 Å². The molecule has 0 aromatic rings. The summed E-state index contributed by atoms with van der Waals surface area (Å²) in [5, 5.41) is 0. The third-order valence-corrected chi connectivity index (χ3v) is 1.59. The zero-order valence-electron chi connectivity index (χ0n) is 10.1. The van der Waals surface area contributed by atoms with Gasteiger partial charge in [-0.2, -0.15) is 0 Å². The van der Waals surface area contributed by atoms with E-state index in [0.717, 1.165) is 6.54 Å². The van der Waals surface area contributed by atoms with Crippen LogP contribution in [0.15, 0.2) is 0 Å². The highest BCUT2D eigenvalue weighted by atomic mass is 16.6. The molecule has 0 fully saturated rings. The summed E-state index contributed by atoms with van der Waals surface area (Å²) in [5.74, 6) is 0. The Morgan fingerprint density at radius 2 is 1.64 bits per heavy atom. The fraction of sp³-hybridized carbons (Fsp3) is 0.900. The lowest BCUT2D eigenvalue weighted by Gasteiger charge is -2.25. The molecular formula is C10H22N2O2. The van der Waals surface area contributed by atoms with Gasteiger partial charge < -0.3 is 14.5 Å². The molecule has 0 aliphatic heterocycles. The maximum Gasteiger partial charge on any atom is 0.410 e. The summed E-state index contributed by atoms with van der Waals surface area (Å²) in [7, 11) is 5.70. The fourth-order valence-corrected chi connectivity index (χ4v) is 0.781. The van der Waals surface area contributed by atoms with Crippen LogP contribution in [0.2, 0.25) is 0 Å². The molecule has 0 atom stereocenters. The van der Waals surface area contributed by atoms with E-state index in [2.05, 4.69) is 0 Å². The maximum absolute atomic E-state index is 11.5. The minimum absolute atomic E-state index is 0.264. The summed E-state index contributed by atoms with van der Waals surface area (Å²) in [6.45, 7) is 7.12. The molecule has 0 spiro atoms. The zero-order chi connectivity index (χ0) is 11.4. The number of rotatable bonds is 3. The fourth-order valence-electron chi connectivity index (χ4n) is 0.781. The molecule has 14 heavy (non-hydrogen) atoms. The van der Waals surface area contributed by atoms with E-state index in [4.69, 9.17) is 4.74 Å². The van der Waals surface area contributed by atoms with Gasteiger partial charge in [-0.05, 0) is 34.9 Å². The Hall–Kier alpha value is -0.770. The van der Waals surface area contributed by atoms with E-state index in [1.807, 2.05) is 39.8 Å². The van der Waals surface area contributed by atoms with E-state index >= 15 is 0 Å². The molecule has 0 aromatic carbocycles. The minimum atomic E-state index is -0.413. The normalized spacial score (nSPS) is 11.6. The molecular weight excluding hydrogens is 180 g/mol. The van der Waals surface area contributed by atoms with E-state index in [1.165, 1.54) is 0 Å². The largest absolute Gasteiger partial charge is 0.444 e. The molecule has 0 aliphatic rings. The highest BCUT2D eigenvalue weighted by molar-refractivity contribution is 5.67. The average molecular weight is 202 g/mol. The van der Waals surface area contributed by atoms with Crippen molar-refractivity contribution in [1.82, 2.24) is 9.80 Å². The van der Waals surface area contributed by atoms with Gasteiger partial charge in [0.25, 0.3) is 0 Å². The summed E-state index contributed by atoms with van der Waals surface area (Å²) in [6, 6.07) is 0. The number of hydrogen-bond acceptors (Lipinski definition) is 3. The molecule has 0 bridgehead atoms. The Balaban J connectivity index is 3.88.